The molecule has 0 fully saturated rings. The van der Waals surface area contributed by atoms with E-state index in [-0.39, 0.29) is 10.8 Å². The molecule has 0 aliphatic carbocycles. The van der Waals surface area contributed by atoms with Crippen LogP contribution in [0.2, 0.25) is 0 Å². The number of aliphatic imine (C=N–C) groups is 1. The fourth-order valence-corrected chi connectivity index (χ4v) is 2.70. The molecule has 15 heavy (non-hydrogen) atoms. The summed E-state index contributed by atoms with van der Waals surface area (Å²) in [5.74, 6) is 0.0789. The third-order valence-corrected chi connectivity index (χ3v) is 4.26. The quantitative estimate of drug-likeness (QED) is 0.758. The van der Waals surface area contributed by atoms with E-state index < -0.39 is 9.84 Å². The predicted molar refractivity (Wildman–Crippen MR) is 57.9 cm³/mol. The molecule has 0 aromatic carbocycles. The number of hydrogen-bond acceptors (Lipinski definition) is 4. The Balaban J connectivity index is 2.65. The van der Waals surface area contributed by atoms with Crippen LogP contribution in [0.25, 0.3) is 0 Å². The van der Waals surface area contributed by atoms with Gasteiger partial charge in [-0.25, -0.2) is 13.4 Å². The number of hydrogen-bond donors (Lipinski definition) is 0. The van der Waals surface area contributed by atoms with E-state index in [9.17, 15) is 8.42 Å². The number of rotatable bonds is 2. The van der Waals surface area contributed by atoms with E-state index in [1.54, 1.807) is 6.92 Å². The van der Waals surface area contributed by atoms with Crippen molar-refractivity contribution < 1.29 is 8.42 Å². The van der Waals surface area contributed by atoms with Gasteiger partial charge in [-0.15, -0.1) is 0 Å². The Bertz CT molecular complexity index is 532. The van der Waals surface area contributed by atoms with Crippen LogP contribution in [0.1, 0.15) is 25.0 Å². The summed E-state index contributed by atoms with van der Waals surface area (Å²) >= 11 is 0. The topological polar surface area (TPSA) is 59.4 Å². The molecule has 1 aliphatic heterocycles. The fourth-order valence-electron chi connectivity index (χ4n) is 1.65. The highest BCUT2D eigenvalue weighted by Crippen LogP contribution is 2.24. The van der Waals surface area contributed by atoms with Crippen molar-refractivity contribution in [2.75, 3.05) is 5.75 Å². The summed E-state index contributed by atoms with van der Waals surface area (Å²) in [5.41, 5.74) is 2.55. The molecule has 0 amide bonds. The lowest BCUT2D eigenvalue weighted by molar-refractivity contribution is 0.592. The summed E-state index contributed by atoms with van der Waals surface area (Å²) in [6.45, 7) is 3.94. The smallest absolute Gasteiger partial charge is 0.195 e. The second-order valence-electron chi connectivity index (χ2n) is 3.45. The molecule has 5 heteroatoms. The number of sulfone groups is 1. The number of nitrogens with zero attached hydrogens (tertiary/aromatic N) is 2. The zero-order chi connectivity index (χ0) is 11.1. The zero-order valence-corrected chi connectivity index (χ0v) is 9.50. The van der Waals surface area contributed by atoms with Gasteiger partial charge in [0.15, 0.2) is 14.9 Å². The lowest BCUT2D eigenvalue weighted by atomic mass is 10.1. The maximum absolute atomic E-state index is 11.8. The minimum atomic E-state index is -3.23. The molecule has 0 spiro atoms. The standard InChI is InChI=1S/C10H12N2O2S/c1-3-15(13,14)10-9-6-12-7(2)8(9)4-5-11-10/h4-5H,3,6H2,1-2H3. The second-order valence-corrected chi connectivity index (χ2v) is 5.64. The minimum absolute atomic E-state index is 0.0789. The van der Waals surface area contributed by atoms with Gasteiger partial charge in [0.1, 0.15) is 0 Å². The van der Waals surface area contributed by atoms with E-state index in [0.29, 0.717) is 6.54 Å². The first-order valence-corrected chi connectivity index (χ1v) is 6.43. The van der Waals surface area contributed by atoms with Gasteiger partial charge in [-0.2, -0.15) is 0 Å². The van der Waals surface area contributed by atoms with Crippen molar-refractivity contribution in [3.05, 3.63) is 23.4 Å². The SMILES string of the molecule is CCS(=O)(=O)c1nccc2c1CN=C2C. The number of aromatic nitrogens is 1. The first-order valence-electron chi connectivity index (χ1n) is 4.78. The van der Waals surface area contributed by atoms with E-state index >= 15 is 0 Å². The summed E-state index contributed by atoms with van der Waals surface area (Å²) in [7, 11) is -3.23. The second kappa shape index (κ2) is 3.41. The minimum Gasteiger partial charge on any atom is -0.285 e. The van der Waals surface area contributed by atoms with Crippen LogP contribution >= 0.6 is 0 Å². The highest BCUT2D eigenvalue weighted by atomic mass is 32.2. The highest BCUT2D eigenvalue weighted by Gasteiger charge is 2.24. The molecule has 1 aromatic heterocycles. The number of pyridine rings is 1. The third kappa shape index (κ3) is 1.56. The maximum atomic E-state index is 11.8. The van der Waals surface area contributed by atoms with E-state index in [0.717, 1.165) is 16.8 Å². The van der Waals surface area contributed by atoms with Crippen molar-refractivity contribution in [1.29, 1.82) is 0 Å². The van der Waals surface area contributed by atoms with Crippen LogP contribution in [0, 0.1) is 0 Å². The van der Waals surface area contributed by atoms with Crippen LogP contribution < -0.4 is 0 Å². The summed E-state index contributed by atoms with van der Waals surface area (Å²) in [6.07, 6.45) is 1.53. The summed E-state index contributed by atoms with van der Waals surface area (Å²) in [5, 5.41) is 0.197. The average molecular weight is 224 g/mol. The van der Waals surface area contributed by atoms with Gasteiger partial charge in [0.05, 0.1) is 12.3 Å². The van der Waals surface area contributed by atoms with Gasteiger partial charge in [-0.1, -0.05) is 6.92 Å². The maximum Gasteiger partial charge on any atom is 0.195 e. The molecule has 0 N–H and O–H groups in total. The largest absolute Gasteiger partial charge is 0.285 e. The van der Waals surface area contributed by atoms with Crippen molar-refractivity contribution in [2.24, 2.45) is 4.99 Å². The Hall–Kier alpha value is -1.23. The normalized spacial score (nSPS) is 14.9. The molecular weight excluding hydrogens is 212 g/mol. The lowest BCUT2D eigenvalue weighted by Gasteiger charge is -2.06. The third-order valence-electron chi connectivity index (χ3n) is 2.56. The Labute approximate surface area is 89.0 Å². The summed E-state index contributed by atoms with van der Waals surface area (Å²) < 4.78 is 23.5. The molecule has 0 saturated heterocycles. The van der Waals surface area contributed by atoms with Crippen LogP contribution in [-0.4, -0.2) is 24.9 Å². The molecule has 80 valence electrons. The van der Waals surface area contributed by atoms with Crippen LogP contribution in [0.3, 0.4) is 0 Å². The Morgan fingerprint density at radius 2 is 2.20 bits per heavy atom. The molecule has 1 aromatic rings. The zero-order valence-electron chi connectivity index (χ0n) is 8.69. The molecule has 4 nitrogen and oxygen atoms in total. The van der Waals surface area contributed by atoms with E-state index in [1.165, 1.54) is 6.20 Å². The fraction of sp³-hybridized carbons (Fsp3) is 0.400. The van der Waals surface area contributed by atoms with Gasteiger partial charge < -0.3 is 0 Å². The monoisotopic (exact) mass is 224 g/mol. The van der Waals surface area contributed by atoms with Gasteiger partial charge in [0, 0.05) is 23.0 Å². The molecule has 0 bridgehead atoms. The highest BCUT2D eigenvalue weighted by molar-refractivity contribution is 7.91. The van der Waals surface area contributed by atoms with Crippen molar-refractivity contribution in [2.45, 2.75) is 25.4 Å². The van der Waals surface area contributed by atoms with Gasteiger partial charge in [-0.3, -0.25) is 4.99 Å². The molecule has 2 rings (SSSR count). The first-order chi connectivity index (χ1) is 7.06. The van der Waals surface area contributed by atoms with E-state index in [4.69, 9.17) is 0 Å². The average Bonchev–Trinajstić information content (AvgIpc) is 2.60. The Morgan fingerprint density at radius 3 is 2.87 bits per heavy atom. The van der Waals surface area contributed by atoms with Crippen molar-refractivity contribution in [1.82, 2.24) is 4.98 Å². The number of fused-ring (bicyclic) bond motifs is 1. The van der Waals surface area contributed by atoms with Gasteiger partial charge in [-0.05, 0) is 13.0 Å². The summed E-state index contributed by atoms with van der Waals surface area (Å²) in [6, 6.07) is 1.82. The van der Waals surface area contributed by atoms with Crippen molar-refractivity contribution in [3.8, 4) is 0 Å². The molecular formula is C10H12N2O2S. The van der Waals surface area contributed by atoms with Crippen molar-refractivity contribution in [3.63, 3.8) is 0 Å². The molecule has 0 atom stereocenters. The van der Waals surface area contributed by atoms with Gasteiger partial charge in [0.25, 0.3) is 0 Å². The Kier molecular flexibility index (Phi) is 2.34. The molecule has 0 saturated carbocycles. The first kappa shape index (κ1) is 10.3. The Morgan fingerprint density at radius 1 is 1.47 bits per heavy atom. The van der Waals surface area contributed by atoms with Crippen molar-refractivity contribution >= 4 is 15.5 Å². The van der Waals surface area contributed by atoms with Crippen LogP contribution in [-0.2, 0) is 16.4 Å². The summed E-state index contributed by atoms with van der Waals surface area (Å²) in [4.78, 5) is 8.19. The van der Waals surface area contributed by atoms with Crippen LogP contribution in [0.5, 0.6) is 0 Å². The lowest BCUT2D eigenvalue weighted by Crippen LogP contribution is -2.10. The van der Waals surface area contributed by atoms with Crippen LogP contribution in [0.15, 0.2) is 22.3 Å². The van der Waals surface area contributed by atoms with E-state index in [2.05, 4.69) is 9.98 Å². The van der Waals surface area contributed by atoms with Gasteiger partial charge >= 0.3 is 0 Å². The van der Waals surface area contributed by atoms with E-state index in [1.807, 2.05) is 13.0 Å². The predicted octanol–water partition coefficient (Wildman–Crippen LogP) is 1.20. The molecule has 0 unspecified atom stereocenters. The van der Waals surface area contributed by atoms with Crippen LogP contribution in [0.4, 0.5) is 0 Å². The molecule has 0 radical (unpaired) electrons. The molecule has 2 heterocycles. The van der Waals surface area contributed by atoms with Gasteiger partial charge in [0.2, 0.25) is 0 Å². The molecule has 1 aliphatic rings.